The third-order valence-corrected chi connectivity index (χ3v) is 6.29. The molecule has 0 unspecified atom stereocenters. The van der Waals surface area contributed by atoms with Crippen LogP contribution in [0, 0.1) is 13.8 Å². The molecule has 1 atom stereocenters. The number of rotatable bonds is 6. The molecule has 0 amide bonds. The molecule has 0 aromatic carbocycles. The van der Waals surface area contributed by atoms with Gasteiger partial charge in [-0.2, -0.15) is 0 Å². The Labute approximate surface area is 184 Å². The molecule has 7 nitrogen and oxygen atoms in total. The number of nitrogens with one attached hydrogen (secondary N) is 1. The first kappa shape index (κ1) is 22.8. The van der Waals surface area contributed by atoms with Crippen molar-refractivity contribution in [2.75, 3.05) is 12.4 Å². The molecule has 0 saturated carbocycles. The van der Waals surface area contributed by atoms with Crippen LogP contribution >= 0.6 is 11.6 Å². The molecule has 1 saturated heterocycles. The maximum absolute atomic E-state index is 6.45. The summed E-state index contributed by atoms with van der Waals surface area (Å²) in [7, 11) is 1.11. The topological polar surface area (TPSA) is 78.4 Å². The number of methoxy groups -OCH3 is 1. The molecule has 1 aliphatic rings. The van der Waals surface area contributed by atoms with Crippen molar-refractivity contribution in [1.82, 2.24) is 15.0 Å². The van der Waals surface area contributed by atoms with Crippen LogP contribution in [-0.4, -0.2) is 40.4 Å². The number of nitrogens with zero attached hydrogens (tertiary/aromatic N) is 3. The van der Waals surface area contributed by atoms with E-state index in [0.717, 1.165) is 23.1 Å². The van der Waals surface area contributed by atoms with Gasteiger partial charge < -0.3 is 19.4 Å². The van der Waals surface area contributed by atoms with Crippen LogP contribution in [0.25, 0.3) is 0 Å². The molecule has 3 rings (SSSR count). The highest BCUT2D eigenvalue weighted by molar-refractivity contribution is 6.62. The summed E-state index contributed by atoms with van der Waals surface area (Å²) in [5.74, 6) is 1.79. The summed E-state index contributed by atoms with van der Waals surface area (Å²) in [6, 6.07) is 1.89. The van der Waals surface area contributed by atoms with Crippen LogP contribution in [0.5, 0.6) is 5.88 Å². The number of halogens is 1. The van der Waals surface area contributed by atoms with Gasteiger partial charge in [-0.1, -0.05) is 24.6 Å². The van der Waals surface area contributed by atoms with Crippen molar-refractivity contribution in [2.45, 2.75) is 72.1 Å². The summed E-state index contributed by atoms with van der Waals surface area (Å²) >= 11 is 6.45. The Balaban J connectivity index is 1.97. The lowest BCUT2D eigenvalue weighted by Crippen LogP contribution is -2.41. The molecule has 1 N–H and O–H groups in total. The van der Waals surface area contributed by atoms with E-state index in [2.05, 4.69) is 27.2 Å². The molecule has 162 valence electrons. The van der Waals surface area contributed by atoms with Gasteiger partial charge in [0, 0.05) is 17.2 Å². The third kappa shape index (κ3) is 4.27. The average Bonchev–Trinajstić information content (AvgIpc) is 2.90. The second-order valence-corrected chi connectivity index (χ2v) is 8.96. The van der Waals surface area contributed by atoms with Crippen LogP contribution in [-0.2, 0) is 9.31 Å². The summed E-state index contributed by atoms with van der Waals surface area (Å²) < 4.78 is 17.9. The second-order valence-electron chi connectivity index (χ2n) is 8.58. The highest BCUT2D eigenvalue weighted by Crippen LogP contribution is 2.37. The standard InChI is InChI=1S/C21H30BClN4O3/c1-9-16(27-18-17(23)12(2)25-13(3)26-18)15-10-14(11-24-19(15)28-8)22-29-20(4,5)21(6,7)30-22/h10-11,16H,9H2,1-8H3,(H,25,26,27)/t16-/m0/s1. The van der Waals surface area contributed by atoms with Gasteiger partial charge in [0.1, 0.15) is 16.7 Å². The predicted molar refractivity (Wildman–Crippen MR) is 120 cm³/mol. The van der Waals surface area contributed by atoms with E-state index in [0.29, 0.717) is 22.5 Å². The van der Waals surface area contributed by atoms with Crippen LogP contribution in [0.2, 0.25) is 5.02 Å². The lowest BCUT2D eigenvalue weighted by atomic mass is 9.79. The normalized spacial score (nSPS) is 18.4. The van der Waals surface area contributed by atoms with Crippen molar-refractivity contribution in [1.29, 1.82) is 0 Å². The highest BCUT2D eigenvalue weighted by Gasteiger charge is 2.52. The summed E-state index contributed by atoms with van der Waals surface area (Å²) in [4.78, 5) is 13.3. The van der Waals surface area contributed by atoms with Gasteiger partial charge in [-0.15, -0.1) is 0 Å². The second kappa shape index (κ2) is 8.32. The number of pyridine rings is 1. The lowest BCUT2D eigenvalue weighted by molar-refractivity contribution is 0.00578. The van der Waals surface area contributed by atoms with E-state index in [9.17, 15) is 0 Å². The first-order chi connectivity index (χ1) is 14.0. The monoisotopic (exact) mass is 432 g/mol. The molecule has 0 spiro atoms. The summed E-state index contributed by atoms with van der Waals surface area (Å²) in [5, 5.41) is 3.94. The van der Waals surface area contributed by atoms with E-state index in [1.807, 2.05) is 47.6 Å². The Morgan fingerprint density at radius 2 is 1.80 bits per heavy atom. The maximum Gasteiger partial charge on any atom is 0.496 e. The van der Waals surface area contributed by atoms with Crippen LogP contribution in [0.3, 0.4) is 0 Å². The number of aromatic nitrogens is 3. The van der Waals surface area contributed by atoms with Gasteiger partial charge >= 0.3 is 7.12 Å². The molecule has 2 aromatic heterocycles. The fourth-order valence-electron chi connectivity index (χ4n) is 3.37. The van der Waals surface area contributed by atoms with Crippen molar-refractivity contribution in [3.05, 3.63) is 34.4 Å². The van der Waals surface area contributed by atoms with E-state index in [4.69, 9.17) is 25.6 Å². The molecule has 0 aliphatic carbocycles. The quantitative estimate of drug-likeness (QED) is 0.691. The first-order valence-electron chi connectivity index (χ1n) is 10.2. The Kier molecular flexibility index (Phi) is 6.32. The molecule has 0 radical (unpaired) electrons. The molecule has 0 bridgehead atoms. The van der Waals surface area contributed by atoms with E-state index in [1.165, 1.54) is 0 Å². The minimum atomic E-state index is -0.503. The maximum atomic E-state index is 6.45. The zero-order valence-electron chi connectivity index (χ0n) is 19.0. The van der Waals surface area contributed by atoms with Crippen molar-refractivity contribution in [2.24, 2.45) is 0 Å². The Hall–Kier alpha value is -1.90. The molecule has 1 aliphatic heterocycles. The Morgan fingerprint density at radius 1 is 1.17 bits per heavy atom. The number of anilines is 1. The average molecular weight is 433 g/mol. The fraction of sp³-hybridized carbons (Fsp3) is 0.571. The van der Waals surface area contributed by atoms with Crippen molar-refractivity contribution >= 4 is 30.0 Å². The zero-order valence-corrected chi connectivity index (χ0v) is 19.7. The van der Waals surface area contributed by atoms with Crippen LogP contribution in [0.4, 0.5) is 5.82 Å². The number of ether oxygens (including phenoxy) is 1. The molecule has 1 fully saturated rings. The summed E-state index contributed by atoms with van der Waals surface area (Å²) in [6.45, 7) is 13.9. The van der Waals surface area contributed by atoms with Crippen LogP contribution < -0.4 is 15.5 Å². The first-order valence-corrected chi connectivity index (χ1v) is 10.5. The Morgan fingerprint density at radius 3 is 2.37 bits per heavy atom. The van der Waals surface area contributed by atoms with E-state index in [-0.39, 0.29) is 6.04 Å². The minimum Gasteiger partial charge on any atom is -0.481 e. The summed E-state index contributed by atoms with van der Waals surface area (Å²) in [5.41, 5.74) is 1.61. The van der Waals surface area contributed by atoms with Crippen LogP contribution in [0.15, 0.2) is 12.3 Å². The fourth-order valence-corrected chi connectivity index (χ4v) is 3.51. The third-order valence-electron chi connectivity index (χ3n) is 5.84. The molecule has 9 heteroatoms. The predicted octanol–water partition coefficient (Wildman–Crippen LogP) is 4.01. The SMILES string of the molecule is CC[C@H](Nc1nc(C)nc(C)c1Cl)c1cc(B2OC(C)(C)C(C)(C)O2)cnc1OC. The molecule has 30 heavy (non-hydrogen) atoms. The van der Waals surface area contributed by atoms with Gasteiger partial charge in [0.15, 0.2) is 0 Å². The van der Waals surface area contributed by atoms with Gasteiger partial charge in [-0.25, -0.2) is 15.0 Å². The highest BCUT2D eigenvalue weighted by atomic mass is 35.5. The molecule has 2 aromatic rings. The number of aryl methyl sites for hydroxylation is 2. The van der Waals surface area contributed by atoms with Gasteiger partial charge in [0.2, 0.25) is 5.88 Å². The van der Waals surface area contributed by atoms with Crippen LogP contribution in [0.1, 0.15) is 64.2 Å². The largest absolute Gasteiger partial charge is 0.496 e. The van der Waals surface area contributed by atoms with Crippen molar-refractivity contribution in [3.8, 4) is 5.88 Å². The molecular weight excluding hydrogens is 403 g/mol. The summed E-state index contributed by atoms with van der Waals surface area (Å²) in [6.07, 6.45) is 2.51. The minimum absolute atomic E-state index is 0.124. The van der Waals surface area contributed by atoms with E-state index in [1.54, 1.807) is 13.3 Å². The smallest absolute Gasteiger partial charge is 0.481 e. The number of hydrogen-bond acceptors (Lipinski definition) is 7. The molecular formula is C21H30BClN4O3. The Bertz CT molecular complexity index is 923. The van der Waals surface area contributed by atoms with Gasteiger partial charge in [-0.05, 0) is 48.0 Å². The molecule has 3 heterocycles. The number of hydrogen-bond donors (Lipinski definition) is 1. The van der Waals surface area contributed by atoms with Gasteiger partial charge in [0.25, 0.3) is 0 Å². The van der Waals surface area contributed by atoms with Gasteiger partial charge in [0.05, 0.1) is 30.0 Å². The van der Waals surface area contributed by atoms with E-state index >= 15 is 0 Å². The van der Waals surface area contributed by atoms with Crippen molar-refractivity contribution < 1.29 is 14.0 Å². The lowest BCUT2D eigenvalue weighted by Gasteiger charge is -2.32. The van der Waals surface area contributed by atoms with Gasteiger partial charge in [-0.3, -0.25) is 0 Å². The van der Waals surface area contributed by atoms with Crippen molar-refractivity contribution in [3.63, 3.8) is 0 Å². The zero-order chi connectivity index (χ0) is 22.3. The van der Waals surface area contributed by atoms with E-state index < -0.39 is 18.3 Å².